The van der Waals surface area contributed by atoms with E-state index in [1.54, 1.807) is 24.7 Å². The lowest BCUT2D eigenvalue weighted by Gasteiger charge is -2.13. The fourth-order valence-electron chi connectivity index (χ4n) is 3.17. The van der Waals surface area contributed by atoms with Gasteiger partial charge in [-0.3, -0.25) is 24.0 Å². The molecule has 0 bridgehead atoms. The Morgan fingerprint density at radius 3 is 2.58 bits per heavy atom. The summed E-state index contributed by atoms with van der Waals surface area (Å²) in [6.45, 7) is 1.49. The van der Waals surface area contributed by atoms with Crippen LogP contribution < -0.4 is 10.9 Å². The van der Waals surface area contributed by atoms with Gasteiger partial charge in [0, 0.05) is 11.9 Å². The summed E-state index contributed by atoms with van der Waals surface area (Å²) in [7, 11) is 1.75. The predicted octanol–water partition coefficient (Wildman–Crippen LogP) is 3.39. The summed E-state index contributed by atoms with van der Waals surface area (Å²) >= 11 is 7.97. The Balaban J connectivity index is 1.53. The number of hydrogen-bond acceptors (Lipinski definition) is 6. The van der Waals surface area contributed by atoms with Crippen LogP contribution in [0.4, 0.5) is 5.69 Å². The van der Waals surface area contributed by atoms with E-state index in [4.69, 9.17) is 12.2 Å². The maximum Gasteiger partial charge on any atom is 0.295 e. The molecule has 2 aromatic heterocycles. The van der Waals surface area contributed by atoms with E-state index < -0.39 is 5.91 Å². The van der Waals surface area contributed by atoms with Crippen LogP contribution in [0.2, 0.25) is 0 Å². The molecule has 0 radical (unpaired) electrons. The van der Waals surface area contributed by atoms with E-state index in [9.17, 15) is 14.4 Å². The first-order chi connectivity index (χ1) is 14.9. The molecule has 1 N–H and O–H groups in total. The molecule has 4 rings (SSSR count). The predicted molar refractivity (Wildman–Crippen MR) is 129 cm³/mol. The topological polar surface area (TPSA) is 76.3 Å². The third kappa shape index (κ3) is 4.14. The largest absolute Gasteiger partial charge is 0.318 e. The van der Waals surface area contributed by atoms with Crippen LogP contribution in [0.15, 0.2) is 57.5 Å². The van der Waals surface area contributed by atoms with Gasteiger partial charge < -0.3 is 5.32 Å². The molecule has 0 atom stereocenters. The number of thiophene rings is 1. The van der Waals surface area contributed by atoms with Crippen molar-refractivity contribution < 1.29 is 9.59 Å². The Morgan fingerprint density at radius 1 is 1.16 bits per heavy atom. The number of thiocarbonyl (C=S) groups is 1. The highest BCUT2D eigenvalue weighted by molar-refractivity contribution is 8.26. The van der Waals surface area contributed by atoms with Crippen LogP contribution >= 0.6 is 35.3 Å². The van der Waals surface area contributed by atoms with Gasteiger partial charge in [0.05, 0.1) is 16.3 Å². The number of para-hydroxylation sites is 1. The maximum absolute atomic E-state index is 13.0. The summed E-state index contributed by atoms with van der Waals surface area (Å²) in [5.74, 6) is -0.801. The molecule has 2 amide bonds. The van der Waals surface area contributed by atoms with Crippen molar-refractivity contribution in [3.63, 3.8) is 0 Å². The van der Waals surface area contributed by atoms with Crippen molar-refractivity contribution in [3.8, 4) is 5.69 Å². The number of carbonyl (C=O) groups is 2. The quantitative estimate of drug-likeness (QED) is 0.457. The van der Waals surface area contributed by atoms with Crippen molar-refractivity contribution in [2.24, 2.45) is 7.05 Å². The highest BCUT2D eigenvalue weighted by Gasteiger charge is 2.33. The van der Waals surface area contributed by atoms with Gasteiger partial charge in [-0.05, 0) is 36.6 Å². The van der Waals surface area contributed by atoms with Crippen LogP contribution in [-0.2, 0) is 16.6 Å². The zero-order valence-corrected chi connectivity index (χ0v) is 19.1. The summed E-state index contributed by atoms with van der Waals surface area (Å²) in [5.41, 5.74) is 1.12. The van der Waals surface area contributed by atoms with E-state index in [0.717, 1.165) is 16.6 Å². The number of rotatable bonds is 5. The van der Waals surface area contributed by atoms with E-state index in [-0.39, 0.29) is 23.7 Å². The Bertz CT molecular complexity index is 1260. The normalized spacial score (nSPS) is 15.2. The number of amides is 2. The first kappa shape index (κ1) is 21.3. The fourth-order valence-corrected chi connectivity index (χ4v) is 5.15. The lowest BCUT2D eigenvalue weighted by molar-refractivity contribution is -0.126. The molecular weight excluding hydrogens is 452 g/mol. The van der Waals surface area contributed by atoms with E-state index in [2.05, 4.69) is 5.32 Å². The van der Waals surface area contributed by atoms with Gasteiger partial charge in [0.15, 0.2) is 0 Å². The Morgan fingerprint density at radius 2 is 1.90 bits per heavy atom. The maximum atomic E-state index is 13.0. The first-order valence-electron chi connectivity index (χ1n) is 9.29. The van der Waals surface area contributed by atoms with E-state index in [1.165, 1.54) is 20.9 Å². The van der Waals surface area contributed by atoms with Crippen LogP contribution in [-0.4, -0.2) is 36.9 Å². The van der Waals surface area contributed by atoms with Crippen LogP contribution in [0.25, 0.3) is 11.8 Å². The van der Waals surface area contributed by atoms with Crippen molar-refractivity contribution in [1.82, 2.24) is 14.3 Å². The van der Waals surface area contributed by atoms with E-state index in [1.807, 2.05) is 47.8 Å². The molecule has 0 saturated carbocycles. The number of nitrogens with zero attached hydrogens (tertiary/aromatic N) is 3. The molecule has 0 unspecified atom stereocenters. The second-order valence-corrected chi connectivity index (χ2v) is 9.42. The minimum Gasteiger partial charge on any atom is -0.318 e. The van der Waals surface area contributed by atoms with Crippen LogP contribution in [0.5, 0.6) is 0 Å². The molecule has 1 fully saturated rings. The lowest BCUT2D eigenvalue weighted by atomic mass is 10.3. The highest BCUT2D eigenvalue weighted by Crippen LogP contribution is 2.33. The molecule has 1 saturated heterocycles. The van der Waals surface area contributed by atoms with Crippen molar-refractivity contribution in [2.45, 2.75) is 6.92 Å². The number of benzene rings is 1. The monoisotopic (exact) mass is 470 g/mol. The van der Waals surface area contributed by atoms with Gasteiger partial charge >= 0.3 is 0 Å². The smallest absolute Gasteiger partial charge is 0.295 e. The zero-order valence-electron chi connectivity index (χ0n) is 16.7. The standard InChI is InChI=1S/C21H18N4O3S3/c1-13-18(20(28)25(23(13)2)14-7-4-3-5-8-14)22-17(26)12-24-19(27)16(31-21(24)29)11-15-9-6-10-30-15/h3-11H,12H2,1-2H3,(H,22,26)/b16-11+. The Kier molecular flexibility index (Phi) is 5.94. The van der Waals surface area contributed by atoms with Crippen LogP contribution in [0.1, 0.15) is 10.6 Å². The van der Waals surface area contributed by atoms with E-state index in [0.29, 0.717) is 20.6 Å². The number of thioether (sulfide) groups is 1. The number of anilines is 1. The lowest BCUT2D eigenvalue weighted by Crippen LogP contribution is -2.37. The third-order valence-corrected chi connectivity index (χ3v) is 7.01. The molecule has 0 aliphatic carbocycles. The minimum atomic E-state index is -0.486. The van der Waals surface area contributed by atoms with Gasteiger partial charge in [0.1, 0.15) is 16.6 Å². The molecule has 7 nitrogen and oxygen atoms in total. The molecule has 1 aromatic carbocycles. The second kappa shape index (κ2) is 8.66. The average Bonchev–Trinajstić information content (AvgIpc) is 3.41. The van der Waals surface area contributed by atoms with Crippen molar-refractivity contribution in [3.05, 3.63) is 73.7 Å². The average molecular weight is 471 g/mol. The van der Waals surface area contributed by atoms with Gasteiger partial charge in [-0.1, -0.05) is 48.2 Å². The number of aromatic nitrogens is 2. The van der Waals surface area contributed by atoms with Gasteiger partial charge in [0.2, 0.25) is 5.91 Å². The summed E-state index contributed by atoms with van der Waals surface area (Å²) in [6.07, 6.45) is 1.77. The minimum absolute atomic E-state index is 0.177. The van der Waals surface area contributed by atoms with Crippen LogP contribution in [0.3, 0.4) is 0 Å². The Labute approximate surface area is 192 Å². The molecule has 158 valence electrons. The number of nitrogens with one attached hydrogen (secondary N) is 1. The number of carbonyl (C=O) groups excluding carboxylic acids is 2. The summed E-state index contributed by atoms with van der Waals surface area (Å²) in [4.78, 5) is 41.0. The van der Waals surface area contributed by atoms with Gasteiger partial charge in [0.25, 0.3) is 11.5 Å². The van der Waals surface area contributed by atoms with Crippen LogP contribution in [0, 0.1) is 6.92 Å². The summed E-state index contributed by atoms with van der Waals surface area (Å²) < 4.78 is 3.47. The van der Waals surface area contributed by atoms with Gasteiger partial charge in [-0.2, -0.15) is 0 Å². The second-order valence-electron chi connectivity index (χ2n) is 6.77. The molecule has 0 spiro atoms. The van der Waals surface area contributed by atoms with Crippen molar-refractivity contribution >= 4 is 63.2 Å². The third-order valence-electron chi connectivity index (χ3n) is 4.81. The molecule has 3 aromatic rings. The SMILES string of the molecule is Cc1c(NC(=O)CN2C(=O)/C(=C\c3cccs3)SC2=S)c(=O)n(-c2ccccc2)n1C. The Hall–Kier alpha value is -2.95. The summed E-state index contributed by atoms with van der Waals surface area (Å²) in [6, 6.07) is 13.0. The molecule has 31 heavy (non-hydrogen) atoms. The molecule has 3 heterocycles. The first-order valence-corrected chi connectivity index (χ1v) is 11.4. The zero-order chi connectivity index (χ0) is 22.1. The van der Waals surface area contributed by atoms with Crippen molar-refractivity contribution in [2.75, 3.05) is 11.9 Å². The molecule has 10 heteroatoms. The van der Waals surface area contributed by atoms with Gasteiger partial charge in [-0.15, -0.1) is 11.3 Å². The van der Waals surface area contributed by atoms with E-state index >= 15 is 0 Å². The molecular formula is C21H18N4O3S3. The van der Waals surface area contributed by atoms with Crippen molar-refractivity contribution in [1.29, 1.82) is 0 Å². The van der Waals surface area contributed by atoms with Gasteiger partial charge in [-0.25, -0.2) is 4.68 Å². The summed E-state index contributed by atoms with van der Waals surface area (Å²) in [5, 5.41) is 4.59. The fraction of sp³-hybridized carbons (Fsp3) is 0.143. The molecule has 1 aliphatic heterocycles. The highest BCUT2D eigenvalue weighted by atomic mass is 32.2. The molecule has 1 aliphatic rings. The number of hydrogen-bond donors (Lipinski definition) is 1.